The number of nitrogens with zero attached hydrogens (tertiary/aromatic N) is 2. The van der Waals surface area contributed by atoms with Gasteiger partial charge in [0.25, 0.3) is 0 Å². The highest BCUT2D eigenvalue weighted by Gasteiger charge is 2.36. The molecule has 0 saturated carbocycles. The third-order valence-electron chi connectivity index (χ3n) is 6.79. The Labute approximate surface area is 236 Å². The summed E-state index contributed by atoms with van der Waals surface area (Å²) in [5.74, 6) is -1.01. The molecule has 2 aromatic carbocycles. The van der Waals surface area contributed by atoms with E-state index in [1.807, 2.05) is 30.3 Å². The zero-order valence-corrected chi connectivity index (χ0v) is 22.8. The van der Waals surface area contributed by atoms with Gasteiger partial charge in [-0.25, -0.2) is 9.59 Å². The lowest BCUT2D eigenvalue weighted by Crippen LogP contribution is -2.52. The van der Waals surface area contributed by atoms with E-state index in [0.717, 1.165) is 16.5 Å². The van der Waals surface area contributed by atoms with E-state index < -0.39 is 35.6 Å². The smallest absolute Gasteiger partial charge is 0.410 e. The number of hydrogen-bond donors (Lipinski definition) is 4. The van der Waals surface area contributed by atoms with Gasteiger partial charge in [0.2, 0.25) is 11.8 Å². The van der Waals surface area contributed by atoms with Crippen LogP contribution in [0.1, 0.15) is 36.8 Å². The van der Waals surface area contributed by atoms with Crippen LogP contribution < -0.4 is 27.7 Å². The van der Waals surface area contributed by atoms with Crippen molar-refractivity contribution in [3.63, 3.8) is 0 Å². The standard InChI is InChI=1S/C29H34N6O6/c1-18-15-25(36)41-24-16-20(11-12-21(18)24)33-26(37)22(9-5-13-32-28(30)31)34-27(38)23-10-6-14-35(23)29(39)40-17-19-7-3-2-4-8-19/h2-4,7-8,11-12,15-16,22-23H,5-6,9-10,13-14,17H2,1H3,(H,33,37)(H,34,38)(H4,30,31,32)/t22-,23-/m1/s1. The summed E-state index contributed by atoms with van der Waals surface area (Å²) in [5, 5.41) is 6.32. The monoisotopic (exact) mass is 562 g/mol. The number of ether oxygens (including phenoxy) is 1. The lowest BCUT2D eigenvalue weighted by molar-refractivity contribution is -0.129. The maximum atomic E-state index is 13.3. The predicted molar refractivity (Wildman–Crippen MR) is 154 cm³/mol. The Balaban J connectivity index is 1.44. The van der Waals surface area contributed by atoms with E-state index in [0.29, 0.717) is 37.1 Å². The second-order valence-corrected chi connectivity index (χ2v) is 9.85. The second-order valence-electron chi connectivity index (χ2n) is 9.85. The highest BCUT2D eigenvalue weighted by atomic mass is 16.6. The number of rotatable bonds is 10. The first kappa shape index (κ1) is 29.1. The van der Waals surface area contributed by atoms with Crippen molar-refractivity contribution in [2.45, 2.75) is 51.3 Å². The SMILES string of the molecule is Cc1cc(=O)oc2cc(NC(=O)[C@@H](CCCN=C(N)N)NC(=O)[C@H]3CCCN3C(=O)OCc3ccccc3)ccc12. The molecule has 3 amide bonds. The van der Waals surface area contributed by atoms with Crippen molar-refractivity contribution >= 4 is 40.5 Å². The van der Waals surface area contributed by atoms with Gasteiger partial charge in [0, 0.05) is 36.3 Å². The number of aliphatic imine (C=N–C) groups is 1. The van der Waals surface area contributed by atoms with Crippen molar-refractivity contribution in [1.82, 2.24) is 10.2 Å². The molecule has 1 fully saturated rings. The minimum atomic E-state index is -0.945. The summed E-state index contributed by atoms with van der Waals surface area (Å²) < 4.78 is 10.7. The van der Waals surface area contributed by atoms with Crippen LogP contribution in [0.15, 0.2) is 68.8 Å². The number of carbonyl (C=O) groups is 3. The van der Waals surface area contributed by atoms with Gasteiger partial charge in [-0.2, -0.15) is 0 Å². The first-order valence-corrected chi connectivity index (χ1v) is 13.4. The van der Waals surface area contributed by atoms with Crippen LogP contribution in [0.2, 0.25) is 0 Å². The average molecular weight is 563 g/mol. The summed E-state index contributed by atoms with van der Waals surface area (Å²) in [6.07, 6.45) is 1.13. The molecular weight excluding hydrogens is 528 g/mol. The van der Waals surface area contributed by atoms with Gasteiger partial charge in [0.05, 0.1) is 0 Å². The maximum Gasteiger partial charge on any atom is 0.410 e. The molecule has 12 nitrogen and oxygen atoms in total. The molecule has 0 unspecified atom stereocenters. The van der Waals surface area contributed by atoms with E-state index >= 15 is 0 Å². The van der Waals surface area contributed by atoms with E-state index in [-0.39, 0.29) is 25.5 Å². The highest BCUT2D eigenvalue weighted by Crippen LogP contribution is 2.22. The number of hydrogen-bond acceptors (Lipinski definition) is 7. The zero-order chi connectivity index (χ0) is 29.4. The van der Waals surface area contributed by atoms with E-state index in [1.54, 1.807) is 25.1 Å². The number of nitrogens with one attached hydrogen (secondary N) is 2. The van der Waals surface area contributed by atoms with Crippen molar-refractivity contribution in [3.8, 4) is 0 Å². The van der Waals surface area contributed by atoms with Gasteiger partial charge >= 0.3 is 11.7 Å². The minimum Gasteiger partial charge on any atom is -0.445 e. The van der Waals surface area contributed by atoms with Gasteiger partial charge in [-0.1, -0.05) is 30.3 Å². The quantitative estimate of drug-likeness (QED) is 0.126. The number of anilines is 1. The van der Waals surface area contributed by atoms with Gasteiger partial charge in [-0.3, -0.25) is 19.5 Å². The third kappa shape index (κ3) is 7.84. The molecule has 216 valence electrons. The summed E-state index contributed by atoms with van der Waals surface area (Å²) in [6, 6.07) is 13.9. The van der Waals surface area contributed by atoms with Crippen LogP contribution in [-0.2, 0) is 20.9 Å². The Morgan fingerprint density at radius 3 is 2.68 bits per heavy atom. The molecule has 1 saturated heterocycles. The summed E-state index contributed by atoms with van der Waals surface area (Å²) in [7, 11) is 0. The number of guanidine groups is 1. The first-order valence-electron chi connectivity index (χ1n) is 13.4. The van der Waals surface area contributed by atoms with Gasteiger partial charge < -0.3 is 31.3 Å². The predicted octanol–water partition coefficient (Wildman–Crippen LogP) is 2.38. The number of aryl methyl sites for hydroxylation is 1. The van der Waals surface area contributed by atoms with Crippen LogP contribution in [0, 0.1) is 6.92 Å². The van der Waals surface area contributed by atoms with Crippen molar-refractivity contribution in [3.05, 3.63) is 76.1 Å². The Kier molecular flexibility index (Phi) is 9.56. The van der Waals surface area contributed by atoms with Crippen LogP contribution in [-0.4, -0.2) is 53.9 Å². The molecule has 0 aliphatic carbocycles. The second kappa shape index (κ2) is 13.5. The first-order chi connectivity index (χ1) is 19.7. The number of carbonyl (C=O) groups excluding carboxylic acids is 3. The average Bonchev–Trinajstić information content (AvgIpc) is 3.44. The molecule has 41 heavy (non-hydrogen) atoms. The van der Waals surface area contributed by atoms with E-state index in [9.17, 15) is 19.2 Å². The highest BCUT2D eigenvalue weighted by molar-refractivity contribution is 5.99. The molecule has 12 heteroatoms. The van der Waals surface area contributed by atoms with Crippen LogP contribution in [0.5, 0.6) is 0 Å². The number of fused-ring (bicyclic) bond motifs is 1. The van der Waals surface area contributed by atoms with Crippen LogP contribution >= 0.6 is 0 Å². The Bertz CT molecular complexity index is 1480. The Morgan fingerprint density at radius 1 is 1.15 bits per heavy atom. The summed E-state index contributed by atoms with van der Waals surface area (Å²) >= 11 is 0. The Morgan fingerprint density at radius 2 is 1.93 bits per heavy atom. The lowest BCUT2D eigenvalue weighted by atomic mass is 10.1. The molecule has 2 atom stereocenters. The molecule has 0 bridgehead atoms. The van der Waals surface area contributed by atoms with Crippen LogP contribution in [0.4, 0.5) is 10.5 Å². The molecule has 2 heterocycles. The minimum absolute atomic E-state index is 0.0707. The third-order valence-corrected chi connectivity index (χ3v) is 6.79. The fourth-order valence-electron chi connectivity index (χ4n) is 4.73. The number of nitrogens with two attached hydrogens (primary N) is 2. The van der Waals surface area contributed by atoms with Gasteiger partial charge in [-0.15, -0.1) is 0 Å². The molecular formula is C29H34N6O6. The fourth-order valence-corrected chi connectivity index (χ4v) is 4.73. The van der Waals surface area contributed by atoms with E-state index in [1.165, 1.54) is 11.0 Å². The molecule has 1 aliphatic rings. The van der Waals surface area contributed by atoms with Crippen molar-refractivity contribution in [2.75, 3.05) is 18.4 Å². The number of likely N-dealkylation sites (tertiary alicyclic amines) is 1. The molecule has 0 spiro atoms. The molecule has 6 N–H and O–H groups in total. The molecule has 4 rings (SSSR count). The van der Waals surface area contributed by atoms with Gasteiger partial charge in [-0.05, 0) is 55.9 Å². The molecule has 1 aliphatic heterocycles. The topological polar surface area (TPSA) is 182 Å². The van der Waals surface area contributed by atoms with Crippen molar-refractivity contribution in [1.29, 1.82) is 0 Å². The van der Waals surface area contributed by atoms with Crippen LogP contribution in [0.3, 0.4) is 0 Å². The lowest BCUT2D eigenvalue weighted by Gasteiger charge is -2.26. The molecule has 1 aromatic heterocycles. The van der Waals surface area contributed by atoms with E-state index in [4.69, 9.17) is 20.6 Å². The zero-order valence-electron chi connectivity index (χ0n) is 22.8. The number of amides is 3. The summed E-state index contributed by atoms with van der Waals surface area (Å²) in [6.45, 7) is 2.52. The summed E-state index contributed by atoms with van der Waals surface area (Å²) in [5.41, 5.74) is 12.6. The molecule has 0 radical (unpaired) electrons. The van der Waals surface area contributed by atoms with Gasteiger partial charge in [0.1, 0.15) is 24.3 Å². The van der Waals surface area contributed by atoms with Crippen molar-refractivity contribution in [2.24, 2.45) is 16.5 Å². The maximum absolute atomic E-state index is 13.3. The summed E-state index contributed by atoms with van der Waals surface area (Å²) in [4.78, 5) is 56.6. The largest absolute Gasteiger partial charge is 0.445 e. The normalized spacial score (nSPS) is 15.2. The Hall–Kier alpha value is -4.87. The van der Waals surface area contributed by atoms with E-state index in [2.05, 4.69) is 15.6 Å². The van der Waals surface area contributed by atoms with Crippen LogP contribution in [0.25, 0.3) is 11.0 Å². The molecule has 3 aromatic rings. The number of benzene rings is 2. The van der Waals surface area contributed by atoms with Crippen molar-refractivity contribution < 1.29 is 23.5 Å². The van der Waals surface area contributed by atoms with Gasteiger partial charge in [0.15, 0.2) is 5.96 Å². The fraction of sp³-hybridized carbons (Fsp3) is 0.345.